The van der Waals surface area contributed by atoms with E-state index in [-0.39, 0.29) is 11.3 Å². The van der Waals surface area contributed by atoms with Gasteiger partial charge in [0.25, 0.3) is 5.69 Å². The molecule has 96 valence electrons. The maximum atomic E-state index is 13.1. The van der Waals surface area contributed by atoms with E-state index in [1.54, 1.807) is 12.1 Å². The predicted octanol–water partition coefficient (Wildman–Crippen LogP) is 3.18. The van der Waals surface area contributed by atoms with E-state index < -0.39 is 10.7 Å². The largest absolute Gasteiger partial charge is 0.279 e. The fraction of sp³-hybridized carbons (Fsp3) is 0. The van der Waals surface area contributed by atoms with Crippen LogP contribution in [0.1, 0.15) is 5.56 Å². The second-order valence-electron chi connectivity index (χ2n) is 3.70. The Hall–Kier alpha value is -2.76. The molecule has 0 amide bonds. The molecule has 6 heteroatoms. The molecular formula is C13H10FN3O2. The Morgan fingerprint density at radius 3 is 2.63 bits per heavy atom. The molecule has 0 heterocycles. The van der Waals surface area contributed by atoms with Crippen LogP contribution in [-0.2, 0) is 0 Å². The maximum absolute atomic E-state index is 13.1. The minimum atomic E-state index is -0.580. The number of benzene rings is 2. The van der Waals surface area contributed by atoms with Gasteiger partial charge >= 0.3 is 0 Å². The van der Waals surface area contributed by atoms with Gasteiger partial charge in [0.05, 0.1) is 22.4 Å². The summed E-state index contributed by atoms with van der Waals surface area (Å²) >= 11 is 0. The second-order valence-corrected chi connectivity index (χ2v) is 3.70. The molecule has 5 nitrogen and oxygen atoms in total. The predicted molar refractivity (Wildman–Crippen MR) is 70.7 cm³/mol. The van der Waals surface area contributed by atoms with Gasteiger partial charge in [-0.1, -0.05) is 18.2 Å². The lowest BCUT2D eigenvalue weighted by Crippen LogP contribution is -1.97. The number of hydrogen-bond acceptors (Lipinski definition) is 4. The van der Waals surface area contributed by atoms with Crippen molar-refractivity contribution in [2.75, 3.05) is 5.43 Å². The van der Waals surface area contributed by atoms with Crippen molar-refractivity contribution in [1.29, 1.82) is 0 Å². The normalized spacial score (nSPS) is 10.6. The van der Waals surface area contributed by atoms with Crippen molar-refractivity contribution in [2.45, 2.75) is 0 Å². The number of nitro groups is 1. The van der Waals surface area contributed by atoms with E-state index in [9.17, 15) is 14.5 Å². The minimum absolute atomic E-state index is 0.105. The van der Waals surface area contributed by atoms with Gasteiger partial charge in [-0.05, 0) is 24.3 Å². The van der Waals surface area contributed by atoms with Crippen LogP contribution >= 0.6 is 0 Å². The summed E-state index contributed by atoms with van der Waals surface area (Å²) in [6.07, 6.45) is 1.22. The molecule has 2 aromatic rings. The zero-order chi connectivity index (χ0) is 13.7. The number of para-hydroxylation sites is 1. The zero-order valence-electron chi connectivity index (χ0n) is 9.79. The quantitative estimate of drug-likeness (QED) is 0.521. The summed E-state index contributed by atoms with van der Waals surface area (Å²) < 4.78 is 13.1. The first-order valence-corrected chi connectivity index (χ1v) is 5.45. The van der Waals surface area contributed by atoms with E-state index in [4.69, 9.17) is 0 Å². The number of hydrazone groups is 1. The van der Waals surface area contributed by atoms with Gasteiger partial charge in [0.2, 0.25) is 0 Å². The van der Waals surface area contributed by atoms with Crippen LogP contribution in [0.5, 0.6) is 0 Å². The van der Waals surface area contributed by atoms with E-state index in [0.29, 0.717) is 0 Å². The van der Waals surface area contributed by atoms with E-state index in [1.165, 1.54) is 6.21 Å². The topological polar surface area (TPSA) is 67.5 Å². The maximum Gasteiger partial charge on any atom is 0.278 e. The van der Waals surface area contributed by atoms with Crippen LogP contribution in [0.25, 0.3) is 0 Å². The Morgan fingerprint density at radius 1 is 1.21 bits per heavy atom. The van der Waals surface area contributed by atoms with Crippen LogP contribution in [0.2, 0.25) is 0 Å². The molecule has 0 aromatic heterocycles. The summed E-state index contributed by atoms with van der Waals surface area (Å²) in [6.45, 7) is 0. The molecule has 0 unspecified atom stereocenters. The summed E-state index contributed by atoms with van der Waals surface area (Å²) in [7, 11) is 0. The number of nitrogens with one attached hydrogen (secondary N) is 1. The van der Waals surface area contributed by atoms with Gasteiger partial charge in [-0.2, -0.15) is 5.10 Å². The van der Waals surface area contributed by atoms with Gasteiger partial charge < -0.3 is 0 Å². The molecule has 0 saturated carbocycles. The number of nitro benzene ring substituents is 1. The van der Waals surface area contributed by atoms with Gasteiger partial charge in [0, 0.05) is 6.07 Å². The first-order chi connectivity index (χ1) is 9.16. The van der Waals surface area contributed by atoms with Crippen LogP contribution in [-0.4, -0.2) is 11.1 Å². The number of halogens is 1. The molecule has 0 aliphatic heterocycles. The highest BCUT2D eigenvalue weighted by Crippen LogP contribution is 2.17. The molecule has 0 aliphatic carbocycles. The van der Waals surface area contributed by atoms with Gasteiger partial charge in [-0.25, -0.2) is 4.39 Å². The summed E-state index contributed by atoms with van der Waals surface area (Å²) in [4.78, 5) is 10.2. The summed E-state index contributed by atoms with van der Waals surface area (Å²) in [5, 5.41) is 14.6. The van der Waals surface area contributed by atoms with Crippen LogP contribution in [0.4, 0.5) is 15.8 Å². The molecule has 0 atom stereocenters. The first kappa shape index (κ1) is 12.7. The van der Waals surface area contributed by atoms with Gasteiger partial charge in [0.1, 0.15) is 5.82 Å². The molecule has 0 radical (unpaired) electrons. The third-order valence-corrected chi connectivity index (χ3v) is 2.36. The lowest BCUT2D eigenvalue weighted by Gasteiger charge is -1.99. The zero-order valence-corrected chi connectivity index (χ0v) is 9.79. The second kappa shape index (κ2) is 5.72. The van der Waals surface area contributed by atoms with Gasteiger partial charge in [-0.15, -0.1) is 0 Å². The van der Waals surface area contributed by atoms with Crippen molar-refractivity contribution >= 4 is 17.6 Å². The Kier molecular flexibility index (Phi) is 3.82. The third-order valence-electron chi connectivity index (χ3n) is 2.36. The lowest BCUT2D eigenvalue weighted by atomic mass is 10.2. The van der Waals surface area contributed by atoms with E-state index in [1.807, 2.05) is 18.2 Å². The van der Waals surface area contributed by atoms with Crippen molar-refractivity contribution in [3.05, 3.63) is 70.0 Å². The first-order valence-electron chi connectivity index (χ1n) is 5.45. The number of nitrogens with zero attached hydrogens (tertiary/aromatic N) is 2. The molecular weight excluding hydrogens is 249 g/mol. The van der Waals surface area contributed by atoms with Crippen LogP contribution in [0.15, 0.2) is 53.6 Å². The summed E-state index contributed by atoms with van der Waals surface area (Å²) in [5.74, 6) is -0.549. The Bertz CT molecular complexity index is 615. The van der Waals surface area contributed by atoms with Crippen LogP contribution < -0.4 is 5.43 Å². The minimum Gasteiger partial charge on any atom is -0.279 e. The smallest absolute Gasteiger partial charge is 0.278 e. The SMILES string of the molecule is O=[N+]([O-])c1ccc(F)cc1C=NNc1ccccc1. The van der Waals surface area contributed by atoms with Crippen LogP contribution in [0.3, 0.4) is 0 Å². The molecule has 2 aromatic carbocycles. The highest BCUT2D eigenvalue weighted by Gasteiger charge is 2.12. The average molecular weight is 259 g/mol. The fourth-order valence-corrected chi connectivity index (χ4v) is 1.48. The Morgan fingerprint density at radius 2 is 1.95 bits per heavy atom. The highest BCUT2D eigenvalue weighted by atomic mass is 19.1. The van der Waals surface area contributed by atoms with Crippen molar-refractivity contribution in [2.24, 2.45) is 5.10 Å². The van der Waals surface area contributed by atoms with E-state index in [0.717, 1.165) is 23.9 Å². The van der Waals surface area contributed by atoms with Crippen molar-refractivity contribution < 1.29 is 9.31 Å². The Balaban J connectivity index is 2.18. The molecule has 0 spiro atoms. The molecule has 2 rings (SSSR count). The highest BCUT2D eigenvalue weighted by molar-refractivity contribution is 5.85. The average Bonchev–Trinajstić information content (AvgIpc) is 2.39. The molecule has 0 fully saturated rings. The van der Waals surface area contributed by atoms with Crippen molar-refractivity contribution in [3.63, 3.8) is 0 Å². The third kappa shape index (κ3) is 3.35. The molecule has 0 saturated heterocycles. The standard InChI is InChI=1S/C13H10FN3O2/c14-11-6-7-13(17(18)19)10(8-11)9-15-16-12-4-2-1-3-5-12/h1-9,16H. The van der Waals surface area contributed by atoms with Gasteiger partial charge in [-0.3, -0.25) is 15.5 Å². The van der Waals surface area contributed by atoms with Gasteiger partial charge in [0.15, 0.2) is 0 Å². The number of hydrogen-bond donors (Lipinski definition) is 1. The lowest BCUT2D eigenvalue weighted by molar-refractivity contribution is -0.385. The fourth-order valence-electron chi connectivity index (χ4n) is 1.48. The summed E-state index contributed by atoms with van der Waals surface area (Å²) in [6, 6.07) is 12.3. The van der Waals surface area contributed by atoms with Crippen molar-refractivity contribution in [3.8, 4) is 0 Å². The van der Waals surface area contributed by atoms with E-state index >= 15 is 0 Å². The van der Waals surface area contributed by atoms with Crippen molar-refractivity contribution in [1.82, 2.24) is 0 Å². The molecule has 1 N–H and O–H groups in total. The Labute approximate surface area is 108 Å². The molecule has 0 aliphatic rings. The molecule has 0 bridgehead atoms. The summed E-state index contributed by atoms with van der Waals surface area (Å²) in [5.41, 5.74) is 3.35. The number of rotatable bonds is 4. The monoisotopic (exact) mass is 259 g/mol. The number of anilines is 1. The van der Waals surface area contributed by atoms with E-state index in [2.05, 4.69) is 10.5 Å². The molecule has 19 heavy (non-hydrogen) atoms. The van der Waals surface area contributed by atoms with Crippen LogP contribution in [0, 0.1) is 15.9 Å².